The number of nitrogens with zero attached hydrogens (tertiary/aromatic N) is 1. The first kappa shape index (κ1) is 18.9. The van der Waals surface area contributed by atoms with Crippen molar-refractivity contribution < 1.29 is 24.5 Å². The average Bonchev–Trinajstić information content (AvgIpc) is 3.04. The normalized spacial score (nSPS) is 12.3. The predicted molar refractivity (Wildman–Crippen MR) is 99.0 cm³/mol. The first-order chi connectivity index (χ1) is 12.4. The van der Waals surface area contributed by atoms with Crippen molar-refractivity contribution in [3.8, 4) is 5.75 Å². The summed E-state index contributed by atoms with van der Waals surface area (Å²) < 4.78 is 5.18. The first-order valence-corrected chi connectivity index (χ1v) is 7.85. The van der Waals surface area contributed by atoms with E-state index in [-0.39, 0.29) is 0 Å². The number of fused-ring (bicyclic) bond motifs is 1. The van der Waals surface area contributed by atoms with Crippen LogP contribution in [0.5, 0.6) is 5.75 Å². The largest absolute Gasteiger partial charge is 0.497 e. The summed E-state index contributed by atoms with van der Waals surface area (Å²) in [7, 11) is 1.65. The molecule has 0 amide bonds. The number of methoxy groups -OCH3 is 1. The average molecular weight is 356 g/mol. The molecule has 0 unspecified atom stereocenters. The van der Waals surface area contributed by atoms with Gasteiger partial charge in [0.05, 0.1) is 18.5 Å². The fraction of sp³-hybridized carbons (Fsp3) is 0.158. The summed E-state index contributed by atoms with van der Waals surface area (Å²) >= 11 is 0. The lowest BCUT2D eigenvalue weighted by Gasteiger charge is -2.21. The van der Waals surface area contributed by atoms with Gasteiger partial charge in [0.25, 0.3) is 0 Å². The molecular formula is C19H20N2O5. The van der Waals surface area contributed by atoms with E-state index in [1.807, 2.05) is 18.2 Å². The highest BCUT2D eigenvalue weighted by atomic mass is 16.5. The highest BCUT2D eigenvalue weighted by Gasteiger charge is 2.21. The van der Waals surface area contributed by atoms with Crippen LogP contribution in [0.15, 0.2) is 54.6 Å². The summed E-state index contributed by atoms with van der Waals surface area (Å²) in [6.45, 7) is 0.982. The Morgan fingerprint density at radius 2 is 1.73 bits per heavy atom. The molecular weight excluding hydrogens is 336 g/mol. The third kappa shape index (κ3) is 4.76. The van der Waals surface area contributed by atoms with E-state index in [4.69, 9.17) is 20.7 Å². The molecule has 2 aromatic rings. The lowest BCUT2D eigenvalue weighted by atomic mass is 10.2. The Morgan fingerprint density at radius 1 is 1.08 bits per heavy atom. The molecule has 4 N–H and O–H groups in total. The number of nitrogens with two attached hydrogens (primary N) is 1. The first-order valence-electron chi connectivity index (χ1n) is 7.85. The third-order valence-electron chi connectivity index (χ3n) is 3.78. The Labute approximate surface area is 150 Å². The number of carboxylic acids is 2. The number of rotatable bonds is 4. The van der Waals surface area contributed by atoms with Gasteiger partial charge in [0.1, 0.15) is 5.75 Å². The van der Waals surface area contributed by atoms with Gasteiger partial charge in [-0.1, -0.05) is 18.2 Å². The van der Waals surface area contributed by atoms with Crippen molar-refractivity contribution in [3.05, 3.63) is 60.2 Å². The van der Waals surface area contributed by atoms with Crippen LogP contribution in [-0.2, 0) is 16.0 Å². The number of benzene rings is 2. The smallest absolute Gasteiger partial charge is 0.328 e. The van der Waals surface area contributed by atoms with E-state index < -0.39 is 11.9 Å². The summed E-state index contributed by atoms with van der Waals surface area (Å²) in [6, 6.07) is 14.3. The Morgan fingerprint density at radius 3 is 2.31 bits per heavy atom. The minimum Gasteiger partial charge on any atom is -0.497 e. The monoisotopic (exact) mass is 356 g/mol. The summed E-state index contributed by atoms with van der Waals surface area (Å²) in [5.74, 6) is -1.72. The van der Waals surface area contributed by atoms with Gasteiger partial charge in [-0.2, -0.15) is 0 Å². The van der Waals surface area contributed by atoms with Crippen molar-refractivity contribution in [2.45, 2.75) is 6.42 Å². The van der Waals surface area contributed by atoms with Crippen molar-refractivity contribution in [1.82, 2.24) is 0 Å². The molecule has 26 heavy (non-hydrogen) atoms. The van der Waals surface area contributed by atoms with E-state index >= 15 is 0 Å². The number of carboxylic acid groups (broad SMARTS) is 2. The zero-order valence-corrected chi connectivity index (χ0v) is 14.3. The quantitative estimate of drug-likeness (QED) is 0.570. The van der Waals surface area contributed by atoms with Crippen LogP contribution in [0.3, 0.4) is 0 Å². The molecule has 0 spiro atoms. The van der Waals surface area contributed by atoms with Crippen LogP contribution in [0.25, 0.3) is 0 Å². The van der Waals surface area contributed by atoms with Gasteiger partial charge in [-0.3, -0.25) is 0 Å². The molecule has 136 valence electrons. The van der Waals surface area contributed by atoms with Crippen molar-refractivity contribution >= 4 is 29.0 Å². The number of hydrogen-bond acceptors (Lipinski definition) is 5. The summed E-state index contributed by atoms with van der Waals surface area (Å²) in [6.07, 6.45) is 2.19. The molecule has 1 aliphatic rings. The van der Waals surface area contributed by atoms with E-state index in [0.29, 0.717) is 12.2 Å². The fourth-order valence-corrected chi connectivity index (χ4v) is 2.64. The van der Waals surface area contributed by atoms with Crippen molar-refractivity contribution in [3.63, 3.8) is 0 Å². The van der Waals surface area contributed by atoms with Gasteiger partial charge in [-0.15, -0.1) is 0 Å². The minimum absolute atomic E-state index is 0.558. The van der Waals surface area contributed by atoms with E-state index in [1.54, 1.807) is 7.11 Å². The van der Waals surface area contributed by atoms with Gasteiger partial charge in [-0.05, 0) is 30.2 Å². The standard InChI is InChI=1S/C15H16N2O.C4H4O4/c1-18-12-6-7-15(13(16)10-12)17-9-8-11-4-2-3-5-14(11)17;5-3(6)1-2-4(7)8/h2-7,10H,8-9,16H2,1H3;1-2H,(H,5,6)(H,7,8)/b;2-1-. The topological polar surface area (TPSA) is 113 Å². The number of para-hydroxylation sites is 1. The molecule has 0 aliphatic carbocycles. The van der Waals surface area contributed by atoms with Crippen LogP contribution in [0.2, 0.25) is 0 Å². The third-order valence-corrected chi connectivity index (χ3v) is 3.78. The van der Waals surface area contributed by atoms with Crippen LogP contribution in [0.4, 0.5) is 17.1 Å². The van der Waals surface area contributed by atoms with Crippen molar-refractivity contribution in [2.75, 3.05) is 24.3 Å². The zero-order chi connectivity index (χ0) is 19.1. The van der Waals surface area contributed by atoms with Gasteiger partial charge < -0.3 is 25.6 Å². The molecule has 1 aliphatic heterocycles. The summed E-state index contributed by atoms with van der Waals surface area (Å²) in [5.41, 5.74) is 10.6. The van der Waals surface area contributed by atoms with Crippen molar-refractivity contribution in [1.29, 1.82) is 0 Å². The van der Waals surface area contributed by atoms with Crippen LogP contribution in [0, 0.1) is 0 Å². The molecule has 0 bridgehead atoms. The number of aliphatic carboxylic acids is 2. The summed E-state index contributed by atoms with van der Waals surface area (Å²) in [4.78, 5) is 21.4. The number of hydrogen-bond donors (Lipinski definition) is 3. The lowest BCUT2D eigenvalue weighted by Crippen LogP contribution is -2.14. The highest BCUT2D eigenvalue weighted by Crippen LogP contribution is 2.38. The molecule has 3 rings (SSSR count). The van der Waals surface area contributed by atoms with Gasteiger partial charge in [0.15, 0.2) is 0 Å². The second kappa shape index (κ2) is 8.57. The molecule has 0 saturated carbocycles. The Bertz CT molecular complexity index is 816. The number of ether oxygens (including phenoxy) is 1. The number of nitrogen functional groups attached to an aromatic ring is 1. The molecule has 0 fully saturated rings. The maximum atomic E-state index is 9.55. The fourth-order valence-electron chi connectivity index (χ4n) is 2.64. The van der Waals surface area contributed by atoms with Crippen LogP contribution in [0.1, 0.15) is 5.56 Å². The minimum atomic E-state index is -1.26. The van der Waals surface area contributed by atoms with E-state index in [1.165, 1.54) is 11.3 Å². The second-order valence-electron chi connectivity index (χ2n) is 5.46. The van der Waals surface area contributed by atoms with E-state index in [9.17, 15) is 9.59 Å². The SMILES string of the molecule is COc1ccc(N2CCc3ccccc32)c(N)c1.O=C(O)/C=C\C(=O)O. The molecule has 7 nitrogen and oxygen atoms in total. The second-order valence-corrected chi connectivity index (χ2v) is 5.46. The molecule has 0 atom stereocenters. The number of anilines is 3. The molecule has 0 saturated heterocycles. The van der Waals surface area contributed by atoms with Gasteiger partial charge in [-0.25, -0.2) is 9.59 Å². The van der Waals surface area contributed by atoms with Crippen molar-refractivity contribution in [2.24, 2.45) is 0 Å². The van der Waals surface area contributed by atoms with Crippen LogP contribution < -0.4 is 15.4 Å². The van der Waals surface area contributed by atoms with Gasteiger partial charge in [0, 0.05) is 30.5 Å². The zero-order valence-electron chi connectivity index (χ0n) is 14.3. The predicted octanol–water partition coefficient (Wildman–Crippen LogP) is 2.68. The van der Waals surface area contributed by atoms with Crippen LogP contribution >= 0.6 is 0 Å². The molecule has 2 aromatic carbocycles. The van der Waals surface area contributed by atoms with Gasteiger partial charge in [0.2, 0.25) is 0 Å². The maximum absolute atomic E-state index is 9.55. The Hall–Kier alpha value is -3.48. The Balaban J connectivity index is 0.000000260. The molecule has 0 aromatic heterocycles. The van der Waals surface area contributed by atoms with Gasteiger partial charge >= 0.3 is 11.9 Å². The van der Waals surface area contributed by atoms with Crippen LogP contribution in [-0.4, -0.2) is 35.8 Å². The van der Waals surface area contributed by atoms with E-state index in [2.05, 4.69) is 29.2 Å². The Kier molecular flexibility index (Phi) is 6.21. The number of carbonyl (C=O) groups is 2. The van der Waals surface area contributed by atoms with E-state index in [0.717, 1.165) is 30.1 Å². The molecule has 1 heterocycles. The lowest BCUT2D eigenvalue weighted by molar-refractivity contribution is -0.134. The highest BCUT2D eigenvalue weighted by molar-refractivity contribution is 5.89. The molecule has 0 radical (unpaired) electrons. The molecule has 7 heteroatoms. The summed E-state index contributed by atoms with van der Waals surface area (Å²) in [5, 5.41) is 15.6. The maximum Gasteiger partial charge on any atom is 0.328 e.